The van der Waals surface area contributed by atoms with E-state index in [-0.39, 0.29) is 5.91 Å². The molecule has 6 nitrogen and oxygen atoms in total. The van der Waals surface area contributed by atoms with Crippen molar-refractivity contribution in [2.75, 3.05) is 50.2 Å². The number of hydrazone groups is 1. The van der Waals surface area contributed by atoms with Gasteiger partial charge in [-0.3, -0.25) is 4.79 Å². The van der Waals surface area contributed by atoms with Crippen LogP contribution >= 0.6 is 0 Å². The lowest BCUT2D eigenvalue weighted by molar-refractivity contribution is 0.0955. The van der Waals surface area contributed by atoms with Gasteiger partial charge in [-0.1, -0.05) is 6.07 Å². The van der Waals surface area contributed by atoms with Crippen LogP contribution in [-0.4, -0.2) is 52.5 Å². The lowest BCUT2D eigenvalue weighted by Gasteiger charge is -2.29. The molecule has 0 bridgehead atoms. The molecule has 2 aromatic carbocycles. The van der Waals surface area contributed by atoms with E-state index in [4.69, 9.17) is 4.74 Å². The number of benzene rings is 2. The van der Waals surface area contributed by atoms with E-state index >= 15 is 0 Å². The molecule has 1 aliphatic rings. The van der Waals surface area contributed by atoms with Gasteiger partial charge in [0, 0.05) is 44.1 Å². The monoisotopic (exact) mass is 366 g/mol. The molecule has 1 amide bonds. The highest BCUT2D eigenvalue weighted by atomic mass is 16.5. The third-order valence-electron chi connectivity index (χ3n) is 4.65. The minimum absolute atomic E-state index is 0.223. The van der Waals surface area contributed by atoms with Crippen LogP contribution in [0.1, 0.15) is 21.5 Å². The second kappa shape index (κ2) is 8.68. The van der Waals surface area contributed by atoms with Gasteiger partial charge < -0.3 is 14.5 Å². The molecular formula is C21H26N4O2. The summed E-state index contributed by atoms with van der Waals surface area (Å²) < 4.78 is 5.40. The number of nitrogens with one attached hydrogen (secondary N) is 1. The number of carbonyl (C=O) groups is 1. The Morgan fingerprint density at radius 2 is 1.85 bits per heavy atom. The number of rotatable bonds is 5. The smallest absolute Gasteiger partial charge is 0.271 e. The van der Waals surface area contributed by atoms with Crippen LogP contribution in [0.4, 0.5) is 11.4 Å². The minimum Gasteiger partial charge on any atom is -0.378 e. The van der Waals surface area contributed by atoms with E-state index < -0.39 is 0 Å². The van der Waals surface area contributed by atoms with Crippen molar-refractivity contribution in [2.45, 2.75) is 6.92 Å². The first-order chi connectivity index (χ1) is 13.0. The van der Waals surface area contributed by atoms with Gasteiger partial charge >= 0.3 is 0 Å². The maximum absolute atomic E-state index is 12.2. The molecule has 0 aliphatic carbocycles. The van der Waals surface area contributed by atoms with Gasteiger partial charge in [0.25, 0.3) is 5.91 Å². The number of ether oxygens (including phenoxy) is 1. The van der Waals surface area contributed by atoms with Crippen LogP contribution in [0, 0.1) is 6.92 Å². The summed E-state index contributed by atoms with van der Waals surface area (Å²) in [5.41, 5.74) is 7.51. The first-order valence-corrected chi connectivity index (χ1v) is 9.09. The van der Waals surface area contributed by atoms with Crippen LogP contribution in [0.3, 0.4) is 0 Å². The summed E-state index contributed by atoms with van der Waals surface area (Å²) in [5, 5.41) is 4.11. The van der Waals surface area contributed by atoms with E-state index in [0.717, 1.165) is 43.1 Å². The average molecular weight is 366 g/mol. The molecular weight excluding hydrogens is 340 g/mol. The number of hydrogen-bond donors (Lipinski definition) is 1. The van der Waals surface area contributed by atoms with E-state index in [1.807, 2.05) is 44.1 Å². The van der Waals surface area contributed by atoms with Crippen molar-refractivity contribution in [2.24, 2.45) is 5.10 Å². The predicted octanol–water partition coefficient (Wildman–Crippen LogP) is 2.66. The second-order valence-corrected chi connectivity index (χ2v) is 6.78. The van der Waals surface area contributed by atoms with Gasteiger partial charge in [0.1, 0.15) is 0 Å². The number of morpholine rings is 1. The Morgan fingerprint density at radius 3 is 2.48 bits per heavy atom. The van der Waals surface area contributed by atoms with E-state index in [2.05, 4.69) is 27.6 Å². The Bertz CT molecular complexity index is 809. The first kappa shape index (κ1) is 18.9. The lowest BCUT2D eigenvalue weighted by Crippen LogP contribution is -2.36. The summed E-state index contributed by atoms with van der Waals surface area (Å²) in [7, 11) is 3.93. The zero-order chi connectivity index (χ0) is 19.2. The summed E-state index contributed by atoms with van der Waals surface area (Å²) in [5.74, 6) is -0.223. The number of nitrogens with zero attached hydrogens (tertiary/aromatic N) is 3. The highest BCUT2D eigenvalue weighted by Crippen LogP contribution is 2.19. The zero-order valence-corrected chi connectivity index (χ0v) is 16.1. The Hall–Kier alpha value is -2.86. The van der Waals surface area contributed by atoms with Crippen molar-refractivity contribution >= 4 is 23.5 Å². The molecule has 142 valence electrons. The molecule has 0 saturated carbocycles. The van der Waals surface area contributed by atoms with Gasteiger partial charge in [-0.05, 0) is 54.4 Å². The highest BCUT2D eigenvalue weighted by Gasteiger charge is 2.11. The van der Waals surface area contributed by atoms with Crippen molar-refractivity contribution in [1.29, 1.82) is 0 Å². The fraction of sp³-hybridized carbons (Fsp3) is 0.333. The SMILES string of the molecule is Cc1cc(N2CCOCC2)ccc1C=NNC(=O)c1ccc(N(C)C)cc1. The van der Waals surface area contributed by atoms with Gasteiger partial charge in [0.15, 0.2) is 0 Å². The number of anilines is 2. The largest absolute Gasteiger partial charge is 0.378 e. The van der Waals surface area contributed by atoms with Crippen molar-refractivity contribution in [3.63, 3.8) is 0 Å². The third-order valence-corrected chi connectivity index (χ3v) is 4.65. The first-order valence-electron chi connectivity index (χ1n) is 9.09. The molecule has 1 aliphatic heterocycles. The Balaban J connectivity index is 1.61. The molecule has 1 N–H and O–H groups in total. The van der Waals surface area contributed by atoms with E-state index in [1.54, 1.807) is 18.3 Å². The molecule has 3 rings (SSSR count). The van der Waals surface area contributed by atoms with Crippen molar-refractivity contribution in [3.8, 4) is 0 Å². The molecule has 0 spiro atoms. The molecule has 0 unspecified atom stereocenters. The lowest BCUT2D eigenvalue weighted by atomic mass is 10.1. The van der Waals surface area contributed by atoms with Gasteiger partial charge in [-0.15, -0.1) is 0 Å². The molecule has 1 fully saturated rings. The van der Waals surface area contributed by atoms with Crippen LogP contribution in [0.15, 0.2) is 47.6 Å². The Labute approximate surface area is 160 Å². The maximum atomic E-state index is 12.2. The maximum Gasteiger partial charge on any atom is 0.271 e. The molecule has 27 heavy (non-hydrogen) atoms. The summed E-state index contributed by atoms with van der Waals surface area (Å²) >= 11 is 0. The van der Waals surface area contributed by atoms with Crippen LogP contribution in [0.5, 0.6) is 0 Å². The summed E-state index contributed by atoms with van der Waals surface area (Å²) in [6, 6.07) is 13.7. The fourth-order valence-electron chi connectivity index (χ4n) is 2.96. The predicted molar refractivity (Wildman–Crippen MR) is 110 cm³/mol. The van der Waals surface area contributed by atoms with E-state index in [0.29, 0.717) is 5.56 Å². The van der Waals surface area contributed by atoms with Crippen molar-refractivity contribution < 1.29 is 9.53 Å². The number of carbonyl (C=O) groups excluding carboxylic acids is 1. The van der Waals surface area contributed by atoms with Gasteiger partial charge in [0.05, 0.1) is 19.4 Å². The van der Waals surface area contributed by atoms with Crippen LogP contribution in [-0.2, 0) is 4.74 Å². The molecule has 0 radical (unpaired) electrons. The normalized spacial score (nSPS) is 14.4. The van der Waals surface area contributed by atoms with Crippen molar-refractivity contribution in [1.82, 2.24) is 5.43 Å². The van der Waals surface area contributed by atoms with Gasteiger partial charge in [-0.2, -0.15) is 5.10 Å². The molecule has 1 saturated heterocycles. The Morgan fingerprint density at radius 1 is 1.15 bits per heavy atom. The van der Waals surface area contributed by atoms with Crippen LogP contribution < -0.4 is 15.2 Å². The molecule has 0 atom stereocenters. The van der Waals surface area contributed by atoms with E-state index in [1.165, 1.54) is 5.69 Å². The summed E-state index contributed by atoms with van der Waals surface area (Å²) in [6.45, 7) is 5.41. The standard InChI is InChI=1S/C21H26N4O2/c1-16-14-20(25-10-12-27-13-11-25)9-6-18(16)15-22-23-21(26)17-4-7-19(8-5-17)24(2)3/h4-9,14-15H,10-13H2,1-3H3,(H,23,26). The third kappa shape index (κ3) is 4.86. The molecule has 1 heterocycles. The van der Waals surface area contributed by atoms with Gasteiger partial charge in [-0.25, -0.2) is 5.43 Å². The molecule has 0 aromatic heterocycles. The number of amides is 1. The van der Waals surface area contributed by atoms with Gasteiger partial charge in [0.2, 0.25) is 0 Å². The molecule has 6 heteroatoms. The number of hydrogen-bond acceptors (Lipinski definition) is 5. The van der Waals surface area contributed by atoms with Crippen LogP contribution in [0.2, 0.25) is 0 Å². The van der Waals surface area contributed by atoms with E-state index in [9.17, 15) is 4.79 Å². The van der Waals surface area contributed by atoms with Crippen LogP contribution in [0.25, 0.3) is 0 Å². The topological polar surface area (TPSA) is 57.2 Å². The van der Waals surface area contributed by atoms with Crippen molar-refractivity contribution in [3.05, 3.63) is 59.2 Å². The quantitative estimate of drug-likeness (QED) is 0.653. The average Bonchev–Trinajstić information content (AvgIpc) is 2.69. The summed E-state index contributed by atoms with van der Waals surface area (Å²) in [6.07, 6.45) is 1.69. The fourth-order valence-corrected chi connectivity index (χ4v) is 2.96. The minimum atomic E-state index is -0.223. The Kier molecular flexibility index (Phi) is 6.08. The number of aryl methyl sites for hydroxylation is 1. The molecule has 2 aromatic rings. The highest BCUT2D eigenvalue weighted by molar-refractivity contribution is 5.95. The zero-order valence-electron chi connectivity index (χ0n) is 16.1. The second-order valence-electron chi connectivity index (χ2n) is 6.78. The summed E-state index contributed by atoms with van der Waals surface area (Å²) in [4.78, 5) is 16.5.